The van der Waals surface area contributed by atoms with Gasteiger partial charge in [-0.1, -0.05) is 0 Å². The average Bonchev–Trinajstić information content (AvgIpc) is 2.61. The van der Waals surface area contributed by atoms with Crippen LogP contribution in [0.2, 0.25) is 0 Å². The molecule has 4 fully saturated rings. The molecule has 1 aliphatic heterocycles. The number of halogens is 1. The normalized spacial score (nSPS) is 55.8. The summed E-state index contributed by atoms with van der Waals surface area (Å²) in [6, 6.07) is 0.384. The fourth-order valence-electron chi connectivity index (χ4n) is 5.31. The van der Waals surface area contributed by atoms with Crippen LogP contribution in [0.25, 0.3) is 0 Å². The Morgan fingerprint density at radius 3 is 2.47 bits per heavy atom. The van der Waals surface area contributed by atoms with Crippen molar-refractivity contribution in [2.45, 2.75) is 49.5 Å². The van der Waals surface area contributed by atoms with Crippen molar-refractivity contribution < 1.29 is 4.74 Å². The molecule has 0 radical (unpaired) electrons. The lowest BCUT2D eigenvalue weighted by Gasteiger charge is -2.61. The van der Waals surface area contributed by atoms with Crippen molar-refractivity contribution in [3.63, 3.8) is 0 Å². The Labute approximate surface area is 107 Å². The third kappa shape index (κ3) is 1.44. The summed E-state index contributed by atoms with van der Waals surface area (Å²) in [5.41, 5.74) is 5.95. The second-order valence-electron chi connectivity index (χ2n) is 6.76. The average molecular weight is 255 g/mol. The number of alkyl halides is 1. The SMILES string of the molecule is NC1=NCC(C23CC4CC(CC(Cl)(C4)C2)C3)O1. The topological polar surface area (TPSA) is 47.6 Å². The van der Waals surface area contributed by atoms with Gasteiger partial charge >= 0.3 is 0 Å². The maximum Gasteiger partial charge on any atom is 0.282 e. The fourth-order valence-corrected chi connectivity index (χ4v) is 6.01. The van der Waals surface area contributed by atoms with Crippen LogP contribution < -0.4 is 5.73 Å². The van der Waals surface area contributed by atoms with Crippen LogP contribution in [-0.2, 0) is 4.74 Å². The van der Waals surface area contributed by atoms with E-state index in [4.69, 9.17) is 22.1 Å². The molecule has 0 spiro atoms. The lowest BCUT2D eigenvalue weighted by Crippen LogP contribution is -2.58. The molecule has 3 nitrogen and oxygen atoms in total. The first-order valence-corrected chi connectivity index (χ1v) is 7.10. The summed E-state index contributed by atoms with van der Waals surface area (Å²) in [7, 11) is 0. The van der Waals surface area contributed by atoms with E-state index in [0.29, 0.717) is 6.02 Å². The third-order valence-corrected chi connectivity index (χ3v) is 5.84. The maximum atomic E-state index is 6.81. The first kappa shape index (κ1) is 10.5. The van der Waals surface area contributed by atoms with E-state index in [1.165, 1.54) is 32.1 Å². The lowest BCUT2D eigenvalue weighted by atomic mass is 9.48. The Hall–Kier alpha value is -0.440. The van der Waals surface area contributed by atoms with Gasteiger partial charge in [0.25, 0.3) is 6.02 Å². The van der Waals surface area contributed by atoms with Crippen molar-refractivity contribution in [2.24, 2.45) is 28.0 Å². The summed E-state index contributed by atoms with van der Waals surface area (Å²) in [5, 5.41) is 0. The molecule has 0 saturated heterocycles. The van der Waals surface area contributed by atoms with Gasteiger partial charge < -0.3 is 10.5 Å². The summed E-state index contributed by atoms with van der Waals surface area (Å²) in [6.07, 6.45) is 7.70. The van der Waals surface area contributed by atoms with Crippen molar-refractivity contribution >= 4 is 17.6 Å². The fraction of sp³-hybridized carbons (Fsp3) is 0.923. The van der Waals surface area contributed by atoms with Gasteiger partial charge in [-0.15, -0.1) is 11.6 Å². The van der Waals surface area contributed by atoms with Gasteiger partial charge in [0.15, 0.2) is 0 Å². The molecule has 0 amide bonds. The largest absolute Gasteiger partial charge is 0.460 e. The van der Waals surface area contributed by atoms with Gasteiger partial charge in [-0.3, -0.25) is 0 Å². The lowest BCUT2D eigenvalue weighted by molar-refractivity contribution is -0.0975. The molecule has 4 heteroatoms. The minimum atomic E-state index is 0.0603. The van der Waals surface area contributed by atoms with E-state index < -0.39 is 0 Å². The molecule has 94 valence electrons. The summed E-state index contributed by atoms with van der Waals surface area (Å²) >= 11 is 6.81. The van der Waals surface area contributed by atoms with Crippen molar-refractivity contribution in [1.29, 1.82) is 0 Å². The van der Waals surface area contributed by atoms with Gasteiger partial charge in [-0.2, -0.15) is 0 Å². The predicted molar refractivity (Wildman–Crippen MR) is 67.1 cm³/mol. The molecule has 0 aromatic carbocycles. The van der Waals surface area contributed by atoms with E-state index in [9.17, 15) is 0 Å². The Morgan fingerprint density at radius 2 is 1.94 bits per heavy atom. The van der Waals surface area contributed by atoms with Crippen LogP contribution in [-0.4, -0.2) is 23.5 Å². The third-order valence-electron chi connectivity index (χ3n) is 5.39. The summed E-state index contributed by atoms with van der Waals surface area (Å²) < 4.78 is 5.76. The maximum absolute atomic E-state index is 6.81. The number of hydrogen-bond acceptors (Lipinski definition) is 3. The van der Waals surface area contributed by atoms with Crippen LogP contribution in [0.3, 0.4) is 0 Å². The van der Waals surface area contributed by atoms with Crippen LogP contribution in [0.15, 0.2) is 4.99 Å². The zero-order chi connectivity index (χ0) is 11.7. The molecule has 2 N–H and O–H groups in total. The Bertz CT molecular complexity index is 381. The van der Waals surface area contributed by atoms with Crippen molar-refractivity contribution in [3.8, 4) is 0 Å². The molecule has 0 aromatic rings. The molecular formula is C13H19ClN2O. The number of amidine groups is 1. The highest BCUT2D eigenvalue weighted by Crippen LogP contribution is 2.65. The Kier molecular flexibility index (Phi) is 1.92. The van der Waals surface area contributed by atoms with Crippen LogP contribution in [0.4, 0.5) is 0 Å². The predicted octanol–water partition coefficient (Wildman–Crippen LogP) is 2.28. The Balaban J connectivity index is 1.66. The molecular weight excluding hydrogens is 236 g/mol. The van der Waals surface area contributed by atoms with Crippen molar-refractivity contribution in [1.82, 2.24) is 0 Å². The molecule has 17 heavy (non-hydrogen) atoms. The molecule has 1 heterocycles. The van der Waals surface area contributed by atoms with Gasteiger partial charge in [-0.25, -0.2) is 4.99 Å². The summed E-state index contributed by atoms with van der Waals surface area (Å²) in [5.74, 6) is 1.64. The Morgan fingerprint density at radius 1 is 1.24 bits per heavy atom. The van der Waals surface area contributed by atoms with Gasteiger partial charge in [0.05, 0.1) is 6.54 Å². The van der Waals surface area contributed by atoms with Crippen LogP contribution >= 0.6 is 11.6 Å². The van der Waals surface area contributed by atoms with Gasteiger partial charge in [-0.05, 0) is 50.4 Å². The molecule has 4 bridgehead atoms. The number of nitrogens with zero attached hydrogens (tertiary/aromatic N) is 1. The zero-order valence-electron chi connectivity index (χ0n) is 9.99. The van der Waals surface area contributed by atoms with Crippen molar-refractivity contribution in [2.75, 3.05) is 6.54 Å². The monoisotopic (exact) mass is 254 g/mol. The summed E-state index contributed by atoms with van der Waals surface area (Å²) in [6.45, 7) is 0.748. The summed E-state index contributed by atoms with van der Waals surface area (Å²) in [4.78, 5) is 4.29. The minimum Gasteiger partial charge on any atom is -0.460 e. The molecule has 0 aromatic heterocycles. The second kappa shape index (κ2) is 3.11. The van der Waals surface area contributed by atoms with Gasteiger partial charge in [0.1, 0.15) is 6.10 Å². The zero-order valence-corrected chi connectivity index (χ0v) is 10.7. The number of hydrogen-bond donors (Lipinski definition) is 1. The standard InChI is InChI=1S/C13H19ClN2O/c14-13-4-8-1-9(5-13)3-12(2-8,7-13)10-6-16-11(15)17-10/h8-10H,1-7H2,(H2,15,16). The number of rotatable bonds is 1. The van der Waals surface area contributed by atoms with E-state index in [-0.39, 0.29) is 16.4 Å². The highest BCUT2D eigenvalue weighted by atomic mass is 35.5. The second-order valence-corrected chi connectivity index (χ2v) is 7.56. The smallest absolute Gasteiger partial charge is 0.282 e. The highest BCUT2D eigenvalue weighted by molar-refractivity contribution is 6.24. The van der Waals surface area contributed by atoms with Crippen LogP contribution in [0.1, 0.15) is 38.5 Å². The van der Waals surface area contributed by atoms with Crippen LogP contribution in [0.5, 0.6) is 0 Å². The van der Waals surface area contributed by atoms with E-state index in [0.717, 1.165) is 24.8 Å². The van der Waals surface area contributed by atoms with E-state index in [2.05, 4.69) is 4.99 Å². The molecule has 5 rings (SSSR count). The van der Waals surface area contributed by atoms with Crippen LogP contribution in [0, 0.1) is 17.3 Å². The number of aliphatic imine (C=N–C) groups is 1. The van der Waals surface area contributed by atoms with E-state index >= 15 is 0 Å². The van der Waals surface area contributed by atoms with Gasteiger partial charge in [0.2, 0.25) is 0 Å². The molecule has 3 unspecified atom stereocenters. The van der Waals surface area contributed by atoms with E-state index in [1.807, 2.05) is 0 Å². The first-order valence-electron chi connectivity index (χ1n) is 6.73. The number of nitrogens with two attached hydrogens (primary N) is 1. The molecule has 4 aliphatic carbocycles. The van der Waals surface area contributed by atoms with E-state index in [1.54, 1.807) is 0 Å². The number of ether oxygens (including phenoxy) is 1. The minimum absolute atomic E-state index is 0.0603. The first-order chi connectivity index (χ1) is 8.07. The molecule has 3 atom stereocenters. The molecule has 5 aliphatic rings. The molecule has 4 saturated carbocycles. The highest BCUT2D eigenvalue weighted by Gasteiger charge is 2.60. The quantitative estimate of drug-likeness (QED) is 0.730. The van der Waals surface area contributed by atoms with Gasteiger partial charge in [0, 0.05) is 10.3 Å². The van der Waals surface area contributed by atoms with Crippen molar-refractivity contribution in [3.05, 3.63) is 0 Å².